The van der Waals surface area contributed by atoms with Gasteiger partial charge in [-0.3, -0.25) is 19.9 Å². The highest BCUT2D eigenvalue weighted by atomic mass is 16.1. The summed E-state index contributed by atoms with van der Waals surface area (Å²) >= 11 is 0. The van der Waals surface area contributed by atoms with Crippen LogP contribution in [0.1, 0.15) is 23.2 Å². The summed E-state index contributed by atoms with van der Waals surface area (Å²) in [7, 11) is 0. The van der Waals surface area contributed by atoms with Crippen LogP contribution < -0.4 is 10.2 Å². The third-order valence-corrected chi connectivity index (χ3v) is 4.58. The lowest BCUT2D eigenvalue weighted by Gasteiger charge is -2.33. The number of amides is 1. The van der Waals surface area contributed by atoms with Crippen LogP contribution in [0.4, 0.5) is 5.82 Å². The molecule has 0 aromatic carbocycles. The first kappa shape index (κ1) is 16.3. The van der Waals surface area contributed by atoms with Crippen LogP contribution in [0.25, 0.3) is 11.3 Å². The highest BCUT2D eigenvalue weighted by Gasteiger charge is 2.23. The summed E-state index contributed by atoms with van der Waals surface area (Å²) in [5.74, 6) is 0.846. The van der Waals surface area contributed by atoms with E-state index in [1.54, 1.807) is 36.9 Å². The van der Waals surface area contributed by atoms with Gasteiger partial charge in [-0.25, -0.2) is 0 Å². The molecule has 3 aromatic rings. The Morgan fingerprint density at radius 1 is 1.12 bits per heavy atom. The van der Waals surface area contributed by atoms with Crippen LogP contribution in [0.15, 0.2) is 55.1 Å². The van der Waals surface area contributed by atoms with Gasteiger partial charge in [0.05, 0.1) is 5.69 Å². The molecule has 4 rings (SSSR count). The molecule has 1 fully saturated rings. The van der Waals surface area contributed by atoms with Crippen molar-refractivity contribution in [2.45, 2.75) is 18.9 Å². The van der Waals surface area contributed by atoms with Crippen molar-refractivity contribution in [3.05, 3.63) is 60.7 Å². The third kappa shape index (κ3) is 3.56. The van der Waals surface area contributed by atoms with Gasteiger partial charge in [0.25, 0.3) is 5.91 Å². The number of carbonyl (C=O) groups excluding carboxylic acids is 1. The van der Waals surface area contributed by atoms with Gasteiger partial charge in [0.15, 0.2) is 5.82 Å². The summed E-state index contributed by atoms with van der Waals surface area (Å²) in [5, 5.41) is 10.7. The van der Waals surface area contributed by atoms with Gasteiger partial charge >= 0.3 is 0 Å². The Morgan fingerprint density at radius 3 is 2.62 bits per heavy atom. The van der Waals surface area contributed by atoms with E-state index in [2.05, 4.69) is 30.4 Å². The van der Waals surface area contributed by atoms with Gasteiger partial charge in [0.2, 0.25) is 0 Å². The van der Waals surface area contributed by atoms with Crippen molar-refractivity contribution in [2.75, 3.05) is 18.0 Å². The monoisotopic (exact) mass is 348 g/mol. The zero-order valence-corrected chi connectivity index (χ0v) is 14.3. The van der Waals surface area contributed by atoms with E-state index in [1.165, 1.54) is 0 Å². The summed E-state index contributed by atoms with van der Waals surface area (Å²) in [4.78, 5) is 22.6. The average molecular weight is 348 g/mol. The van der Waals surface area contributed by atoms with E-state index in [-0.39, 0.29) is 11.9 Å². The van der Waals surface area contributed by atoms with Crippen molar-refractivity contribution in [3.63, 3.8) is 0 Å². The topological polar surface area (TPSA) is 86.8 Å². The molecule has 0 spiro atoms. The lowest BCUT2D eigenvalue weighted by atomic mass is 10.0. The maximum Gasteiger partial charge on any atom is 0.251 e. The first-order valence-corrected chi connectivity index (χ1v) is 8.71. The molecule has 0 saturated carbocycles. The van der Waals surface area contributed by atoms with Crippen LogP contribution in [0.2, 0.25) is 0 Å². The van der Waals surface area contributed by atoms with Gasteiger partial charge in [-0.1, -0.05) is 0 Å². The van der Waals surface area contributed by atoms with E-state index in [0.29, 0.717) is 5.56 Å². The molecule has 0 unspecified atom stereocenters. The number of H-pyrrole nitrogens is 1. The molecule has 2 N–H and O–H groups in total. The standard InChI is InChI=1S/C19H20N6O/c26-19(15-5-9-21-10-6-15)22-16-2-1-11-25(13-16)18-12-17(23-24-18)14-3-7-20-8-4-14/h3-10,12,16H,1-2,11,13H2,(H,22,26)(H,23,24)/t16-/m1/s1. The number of pyridine rings is 2. The van der Waals surface area contributed by atoms with Crippen molar-refractivity contribution in [1.82, 2.24) is 25.5 Å². The molecular weight excluding hydrogens is 328 g/mol. The minimum atomic E-state index is -0.0567. The normalized spacial score (nSPS) is 17.1. The maximum absolute atomic E-state index is 12.4. The Labute approximate surface area is 151 Å². The Morgan fingerprint density at radius 2 is 1.85 bits per heavy atom. The third-order valence-electron chi connectivity index (χ3n) is 4.58. The van der Waals surface area contributed by atoms with E-state index in [9.17, 15) is 4.79 Å². The largest absolute Gasteiger partial charge is 0.353 e. The van der Waals surface area contributed by atoms with E-state index in [0.717, 1.165) is 43.0 Å². The van der Waals surface area contributed by atoms with Crippen LogP contribution in [0.5, 0.6) is 0 Å². The molecule has 0 bridgehead atoms. The van der Waals surface area contributed by atoms with Crippen LogP contribution in [-0.4, -0.2) is 45.2 Å². The first-order valence-electron chi connectivity index (χ1n) is 8.71. The number of nitrogens with zero attached hydrogens (tertiary/aromatic N) is 4. The molecule has 1 aliphatic rings. The number of piperidine rings is 1. The van der Waals surface area contributed by atoms with Gasteiger partial charge in [-0.05, 0) is 37.1 Å². The molecule has 0 radical (unpaired) electrons. The predicted molar refractivity (Wildman–Crippen MR) is 98.8 cm³/mol. The molecule has 1 amide bonds. The van der Waals surface area contributed by atoms with Gasteiger partial charge in [0, 0.05) is 61.1 Å². The molecule has 7 nitrogen and oxygen atoms in total. The van der Waals surface area contributed by atoms with E-state index in [4.69, 9.17) is 0 Å². The molecule has 1 atom stereocenters. The lowest BCUT2D eigenvalue weighted by molar-refractivity contribution is 0.0933. The van der Waals surface area contributed by atoms with Gasteiger partial charge in [0.1, 0.15) is 0 Å². The quantitative estimate of drug-likeness (QED) is 0.755. The lowest BCUT2D eigenvalue weighted by Crippen LogP contribution is -2.48. The number of nitrogens with one attached hydrogen (secondary N) is 2. The number of hydrogen-bond acceptors (Lipinski definition) is 5. The first-order chi connectivity index (χ1) is 12.8. The summed E-state index contributed by atoms with van der Waals surface area (Å²) < 4.78 is 0. The zero-order valence-electron chi connectivity index (χ0n) is 14.3. The number of carbonyl (C=O) groups is 1. The number of aromatic amines is 1. The molecule has 0 aliphatic carbocycles. The number of anilines is 1. The molecule has 1 aliphatic heterocycles. The van der Waals surface area contributed by atoms with Crippen molar-refractivity contribution in [3.8, 4) is 11.3 Å². The Kier molecular flexibility index (Phi) is 4.59. The van der Waals surface area contributed by atoms with Gasteiger partial charge < -0.3 is 10.2 Å². The zero-order chi connectivity index (χ0) is 17.8. The van der Waals surface area contributed by atoms with Crippen molar-refractivity contribution in [1.29, 1.82) is 0 Å². The second kappa shape index (κ2) is 7.35. The minimum Gasteiger partial charge on any atom is -0.353 e. The Hall–Kier alpha value is -3.22. The summed E-state index contributed by atoms with van der Waals surface area (Å²) in [6.45, 7) is 1.68. The molecule has 3 aromatic heterocycles. The minimum absolute atomic E-state index is 0.0567. The van der Waals surface area contributed by atoms with Crippen LogP contribution in [-0.2, 0) is 0 Å². The average Bonchev–Trinajstić information content (AvgIpc) is 3.20. The number of rotatable bonds is 4. The second-order valence-corrected chi connectivity index (χ2v) is 6.37. The van der Waals surface area contributed by atoms with Crippen molar-refractivity contribution >= 4 is 11.7 Å². The predicted octanol–water partition coefficient (Wildman–Crippen LogP) is 2.27. The Bertz CT molecular complexity index is 864. The van der Waals surface area contributed by atoms with Gasteiger partial charge in [-0.2, -0.15) is 5.10 Å². The number of aromatic nitrogens is 4. The van der Waals surface area contributed by atoms with E-state index >= 15 is 0 Å². The SMILES string of the molecule is O=C(N[C@@H]1CCCN(c2cc(-c3ccncc3)[nH]n2)C1)c1ccncc1. The highest BCUT2D eigenvalue weighted by molar-refractivity contribution is 5.94. The van der Waals surface area contributed by atoms with E-state index in [1.807, 2.05) is 18.2 Å². The summed E-state index contributed by atoms with van der Waals surface area (Å²) in [6, 6.07) is 9.50. The summed E-state index contributed by atoms with van der Waals surface area (Å²) in [6.07, 6.45) is 8.77. The van der Waals surface area contributed by atoms with Crippen LogP contribution in [0, 0.1) is 0 Å². The smallest absolute Gasteiger partial charge is 0.251 e. The maximum atomic E-state index is 12.4. The van der Waals surface area contributed by atoms with Crippen LogP contribution in [0.3, 0.4) is 0 Å². The Balaban J connectivity index is 1.42. The number of hydrogen-bond donors (Lipinski definition) is 2. The second-order valence-electron chi connectivity index (χ2n) is 6.37. The fourth-order valence-electron chi connectivity index (χ4n) is 3.23. The highest BCUT2D eigenvalue weighted by Crippen LogP contribution is 2.23. The molecule has 1 saturated heterocycles. The van der Waals surface area contributed by atoms with Gasteiger partial charge in [-0.15, -0.1) is 0 Å². The molecular formula is C19H20N6O. The van der Waals surface area contributed by atoms with E-state index < -0.39 is 0 Å². The van der Waals surface area contributed by atoms with Crippen LogP contribution >= 0.6 is 0 Å². The fourth-order valence-corrected chi connectivity index (χ4v) is 3.23. The summed E-state index contributed by atoms with van der Waals surface area (Å²) in [5.41, 5.74) is 2.65. The molecule has 4 heterocycles. The molecule has 132 valence electrons. The van der Waals surface area contributed by atoms with Crippen molar-refractivity contribution in [2.24, 2.45) is 0 Å². The molecule has 7 heteroatoms. The fraction of sp³-hybridized carbons (Fsp3) is 0.263. The molecule has 26 heavy (non-hydrogen) atoms. The van der Waals surface area contributed by atoms with Crippen molar-refractivity contribution < 1.29 is 4.79 Å².